The molecular formula is C16H27N5OS. The van der Waals surface area contributed by atoms with Crippen LogP contribution in [0.1, 0.15) is 50.3 Å². The number of amides is 1. The zero-order chi connectivity index (χ0) is 16.1. The Labute approximate surface area is 142 Å². The van der Waals surface area contributed by atoms with E-state index in [1.165, 1.54) is 31.0 Å². The molecule has 2 saturated heterocycles. The zero-order valence-corrected chi connectivity index (χ0v) is 14.8. The third-order valence-electron chi connectivity index (χ3n) is 4.81. The molecule has 3 rings (SSSR count). The van der Waals surface area contributed by atoms with Crippen molar-refractivity contribution in [3.8, 4) is 0 Å². The number of hydrogen-bond donors (Lipinski definition) is 1. The molecule has 2 aliphatic rings. The maximum absolute atomic E-state index is 12.4. The number of aromatic nitrogens is 3. The summed E-state index contributed by atoms with van der Waals surface area (Å²) in [6, 6.07) is 0. The van der Waals surface area contributed by atoms with E-state index in [1.54, 1.807) is 0 Å². The van der Waals surface area contributed by atoms with Crippen LogP contribution < -0.4 is 5.32 Å². The van der Waals surface area contributed by atoms with Crippen LogP contribution >= 0.6 is 11.8 Å². The highest BCUT2D eigenvalue weighted by Crippen LogP contribution is 2.25. The van der Waals surface area contributed by atoms with Crippen molar-refractivity contribution in [3.63, 3.8) is 0 Å². The van der Waals surface area contributed by atoms with Gasteiger partial charge in [-0.3, -0.25) is 4.79 Å². The molecule has 1 unspecified atom stereocenters. The first-order chi connectivity index (χ1) is 11.3. The summed E-state index contributed by atoms with van der Waals surface area (Å²) in [5, 5.41) is 13.0. The average Bonchev–Trinajstić information content (AvgIpc) is 2.79. The predicted octanol–water partition coefficient (Wildman–Crippen LogP) is 1.78. The van der Waals surface area contributed by atoms with E-state index in [9.17, 15) is 4.79 Å². The topological polar surface area (TPSA) is 63.1 Å². The summed E-state index contributed by atoms with van der Waals surface area (Å²) in [5.74, 6) is 2.19. The molecule has 1 aromatic heterocycles. The van der Waals surface area contributed by atoms with Gasteiger partial charge in [0.1, 0.15) is 5.82 Å². The second kappa shape index (κ2) is 8.15. The molecular weight excluding hydrogens is 310 g/mol. The van der Waals surface area contributed by atoms with E-state index >= 15 is 0 Å². The second-order valence-corrected chi connectivity index (χ2v) is 7.47. The van der Waals surface area contributed by atoms with Crippen molar-refractivity contribution in [1.82, 2.24) is 25.0 Å². The van der Waals surface area contributed by atoms with Crippen molar-refractivity contribution in [2.75, 3.05) is 31.9 Å². The first-order valence-electron chi connectivity index (χ1n) is 8.76. The van der Waals surface area contributed by atoms with Gasteiger partial charge in [-0.05, 0) is 32.2 Å². The summed E-state index contributed by atoms with van der Waals surface area (Å²) in [6.45, 7) is 3.90. The average molecular weight is 337 g/mol. The highest BCUT2D eigenvalue weighted by molar-refractivity contribution is 7.99. The number of thioether (sulfide) groups is 1. The van der Waals surface area contributed by atoms with Crippen LogP contribution in [-0.2, 0) is 11.8 Å². The number of nitrogens with one attached hydrogen (secondary N) is 1. The molecule has 0 radical (unpaired) electrons. The van der Waals surface area contributed by atoms with Gasteiger partial charge in [0, 0.05) is 32.6 Å². The molecule has 7 heteroatoms. The standard InChI is InChI=1S/C16H27N5OS/c1-20-15(13-7-6-8-17-11-13)18-19-16(20)23-12-14(22)21-9-4-2-3-5-10-21/h13,17H,2-12H2,1H3. The number of rotatable bonds is 4. The van der Waals surface area contributed by atoms with E-state index in [0.717, 1.165) is 56.4 Å². The maximum atomic E-state index is 12.4. The van der Waals surface area contributed by atoms with Gasteiger partial charge in [-0.15, -0.1) is 10.2 Å². The van der Waals surface area contributed by atoms with Gasteiger partial charge >= 0.3 is 0 Å². The van der Waals surface area contributed by atoms with Crippen LogP contribution in [0.15, 0.2) is 5.16 Å². The SMILES string of the molecule is Cn1c(SCC(=O)N2CCCCCC2)nnc1C1CCCNC1. The Morgan fingerprint density at radius 2 is 2.00 bits per heavy atom. The van der Waals surface area contributed by atoms with Crippen LogP contribution in [0, 0.1) is 0 Å². The third-order valence-corrected chi connectivity index (χ3v) is 5.82. The maximum Gasteiger partial charge on any atom is 0.233 e. The Bertz CT molecular complexity index is 519. The molecule has 2 aliphatic heterocycles. The fraction of sp³-hybridized carbons (Fsp3) is 0.812. The van der Waals surface area contributed by atoms with Gasteiger partial charge in [0.15, 0.2) is 5.16 Å². The Hall–Kier alpha value is -1.08. The van der Waals surface area contributed by atoms with Crippen molar-refractivity contribution in [2.45, 2.75) is 49.6 Å². The van der Waals surface area contributed by atoms with Crippen molar-refractivity contribution in [1.29, 1.82) is 0 Å². The van der Waals surface area contributed by atoms with Gasteiger partial charge in [-0.2, -0.15) is 0 Å². The van der Waals surface area contributed by atoms with Crippen molar-refractivity contribution < 1.29 is 4.79 Å². The lowest BCUT2D eigenvalue weighted by atomic mass is 9.99. The second-order valence-electron chi connectivity index (χ2n) is 6.53. The van der Waals surface area contributed by atoms with E-state index in [4.69, 9.17) is 0 Å². The Morgan fingerprint density at radius 1 is 1.22 bits per heavy atom. The molecule has 2 fully saturated rings. The third kappa shape index (κ3) is 4.26. The van der Waals surface area contributed by atoms with Crippen LogP contribution in [0.2, 0.25) is 0 Å². The first-order valence-corrected chi connectivity index (χ1v) is 9.75. The molecule has 23 heavy (non-hydrogen) atoms. The molecule has 0 saturated carbocycles. The fourth-order valence-electron chi connectivity index (χ4n) is 3.42. The minimum absolute atomic E-state index is 0.237. The summed E-state index contributed by atoms with van der Waals surface area (Å²) in [6.07, 6.45) is 7.13. The molecule has 0 aromatic carbocycles. The van der Waals surface area contributed by atoms with Gasteiger partial charge in [-0.1, -0.05) is 24.6 Å². The summed E-state index contributed by atoms with van der Waals surface area (Å²) in [7, 11) is 2.02. The van der Waals surface area contributed by atoms with Crippen LogP contribution in [0.4, 0.5) is 0 Å². The van der Waals surface area contributed by atoms with Gasteiger partial charge < -0.3 is 14.8 Å². The number of carbonyl (C=O) groups excluding carboxylic acids is 1. The quantitative estimate of drug-likeness (QED) is 0.849. The van der Waals surface area contributed by atoms with Crippen LogP contribution in [0.25, 0.3) is 0 Å². The normalized spacial score (nSPS) is 22.8. The molecule has 1 aromatic rings. The largest absolute Gasteiger partial charge is 0.342 e. The molecule has 0 bridgehead atoms. The van der Waals surface area contributed by atoms with Crippen LogP contribution in [-0.4, -0.2) is 57.5 Å². The lowest BCUT2D eigenvalue weighted by Crippen LogP contribution is -2.33. The number of carbonyl (C=O) groups is 1. The lowest BCUT2D eigenvalue weighted by Gasteiger charge is -2.22. The number of piperidine rings is 1. The van der Waals surface area contributed by atoms with Gasteiger partial charge in [0.05, 0.1) is 5.75 Å². The number of hydrogen-bond acceptors (Lipinski definition) is 5. The number of likely N-dealkylation sites (tertiary alicyclic amines) is 1. The summed E-state index contributed by atoms with van der Waals surface area (Å²) >= 11 is 1.52. The molecule has 128 valence electrons. The van der Waals surface area contributed by atoms with Gasteiger partial charge in [0.25, 0.3) is 0 Å². The fourth-order valence-corrected chi connectivity index (χ4v) is 4.24. The molecule has 0 aliphatic carbocycles. The van der Waals surface area contributed by atoms with E-state index in [2.05, 4.69) is 20.1 Å². The van der Waals surface area contributed by atoms with E-state index in [-0.39, 0.29) is 5.91 Å². The number of nitrogens with zero attached hydrogens (tertiary/aromatic N) is 4. The van der Waals surface area contributed by atoms with Crippen molar-refractivity contribution >= 4 is 17.7 Å². The molecule has 6 nitrogen and oxygen atoms in total. The van der Waals surface area contributed by atoms with E-state index in [1.807, 2.05) is 11.9 Å². The zero-order valence-electron chi connectivity index (χ0n) is 14.0. The van der Waals surface area contributed by atoms with E-state index in [0.29, 0.717) is 11.7 Å². The Kier molecular flexibility index (Phi) is 5.94. The minimum atomic E-state index is 0.237. The molecule has 0 spiro atoms. The highest BCUT2D eigenvalue weighted by Gasteiger charge is 2.22. The van der Waals surface area contributed by atoms with Crippen LogP contribution in [0.3, 0.4) is 0 Å². The lowest BCUT2D eigenvalue weighted by molar-refractivity contribution is -0.128. The molecule has 3 heterocycles. The summed E-state index contributed by atoms with van der Waals surface area (Å²) in [4.78, 5) is 14.4. The minimum Gasteiger partial charge on any atom is -0.342 e. The Morgan fingerprint density at radius 3 is 2.70 bits per heavy atom. The van der Waals surface area contributed by atoms with E-state index < -0.39 is 0 Å². The predicted molar refractivity (Wildman–Crippen MR) is 91.6 cm³/mol. The summed E-state index contributed by atoms with van der Waals surface area (Å²) in [5.41, 5.74) is 0. The molecule has 1 atom stereocenters. The Balaban J connectivity index is 1.55. The summed E-state index contributed by atoms with van der Waals surface area (Å²) < 4.78 is 2.07. The van der Waals surface area contributed by atoms with Gasteiger partial charge in [-0.25, -0.2) is 0 Å². The highest BCUT2D eigenvalue weighted by atomic mass is 32.2. The smallest absolute Gasteiger partial charge is 0.233 e. The van der Waals surface area contributed by atoms with Gasteiger partial charge in [0.2, 0.25) is 5.91 Å². The molecule has 1 amide bonds. The van der Waals surface area contributed by atoms with Crippen molar-refractivity contribution in [2.24, 2.45) is 7.05 Å². The first kappa shape index (κ1) is 16.8. The monoisotopic (exact) mass is 337 g/mol. The van der Waals surface area contributed by atoms with Crippen molar-refractivity contribution in [3.05, 3.63) is 5.82 Å². The molecule has 1 N–H and O–H groups in total. The van der Waals surface area contributed by atoms with Crippen LogP contribution in [0.5, 0.6) is 0 Å².